The molecule has 0 saturated carbocycles. The summed E-state index contributed by atoms with van der Waals surface area (Å²) in [6, 6.07) is 11.5. The minimum Gasteiger partial charge on any atom is -0.339 e. The quantitative estimate of drug-likeness (QED) is 0.904. The average Bonchev–Trinajstić information content (AvgIpc) is 2.94. The Morgan fingerprint density at radius 2 is 1.95 bits per heavy atom. The van der Waals surface area contributed by atoms with Crippen LogP contribution in [0.2, 0.25) is 0 Å². The van der Waals surface area contributed by atoms with Gasteiger partial charge in [0.15, 0.2) is 9.84 Å². The van der Waals surface area contributed by atoms with Crippen molar-refractivity contribution in [2.45, 2.75) is 18.7 Å². The molecule has 1 atom stereocenters. The highest BCUT2D eigenvalue weighted by Gasteiger charge is 2.26. The van der Waals surface area contributed by atoms with Crippen LogP contribution in [-0.2, 0) is 21.2 Å². The van der Waals surface area contributed by atoms with Crippen LogP contribution in [0.25, 0.3) is 11.3 Å². The number of benzene rings is 1. The fraction of sp³-hybridized carbons (Fsp3) is 0.333. The number of aromatic nitrogens is 2. The second-order valence-corrected chi connectivity index (χ2v) is 7.68. The molecule has 1 N–H and O–H groups in total. The Kier molecular flexibility index (Phi) is 4.65. The second-order valence-electron chi connectivity index (χ2n) is 5.31. The van der Waals surface area contributed by atoms with Crippen LogP contribution in [0.5, 0.6) is 0 Å². The minimum absolute atomic E-state index is 0.276. The molecule has 1 unspecified atom stereocenters. The third-order valence-electron chi connectivity index (χ3n) is 3.47. The summed E-state index contributed by atoms with van der Waals surface area (Å²) in [4.78, 5) is 13.5. The monoisotopic (exact) mass is 321 g/mol. The van der Waals surface area contributed by atoms with Crippen LogP contribution in [0.4, 0.5) is 0 Å². The number of carbonyl (C=O) groups is 1. The molecule has 2 rings (SSSR count). The van der Waals surface area contributed by atoms with Gasteiger partial charge in [0.05, 0.1) is 17.9 Å². The fourth-order valence-corrected chi connectivity index (χ4v) is 2.57. The molecule has 0 aliphatic heterocycles. The summed E-state index contributed by atoms with van der Waals surface area (Å²) in [6.07, 6.45) is 1.06. The van der Waals surface area contributed by atoms with E-state index in [0.717, 1.165) is 23.2 Å². The number of nitrogens with one attached hydrogen (secondary N) is 1. The molecule has 22 heavy (non-hydrogen) atoms. The minimum atomic E-state index is -3.39. The first-order valence-electron chi connectivity index (χ1n) is 6.82. The maximum Gasteiger partial charge on any atom is 0.240 e. The molecular formula is C15H19N3O3S. The molecule has 0 saturated heterocycles. The van der Waals surface area contributed by atoms with Crippen molar-refractivity contribution in [1.82, 2.24) is 15.1 Å². The molecule has 2 aromatic rings. The van der Waals surface area contributed by atoms with E-state index in [1.807, 2.05) is 36.4 Å². The first-order valence-corrected chi connectivity index (χ1v) is 8.78. The van der Waals surface area contributed by atoms with E-state index in [4.69, 9.17) is 0 Å². The van der Waals surface area contributed by atoms with Gasteiger partial charge in [-0.1, -0.05) is 30.3 Å². The van der Waals surface area contributed by atoms with E-state index in [1.165, 1.54) is 11.8 Å². The number of aromatic amines is 1. The molecule has 0 bridgehead atoms. The van der Waals surface area contributed by atoms with Crippen molar-refractivity contribution in [3.63, 3.8) is 0 Å². The molecule has 0 spiro atoms. The summed E-state index contributed by atoms with van der Waals surface area (Å²) < 4.78 is 22.9. The van der Waals surface area contributed by atoms with Gasteiger partial charge >= 0.3 is 0 Å². The van der Waals surface area contributed by atoms with E-state index in [2.05, 4.69) is 10.2 Å². The van der Waals surface area contributed by atoms with Crippen molar-refractivity contribution in [1.29, 1.82) is 0 Å². The second kappa shape index (κ2) is 6.31. The van der Waals surface area contributed by atoms with Crippen LogP contribution >= 0.6 is 0 Å². The third kappa shape index (κ3) is 3.73. The van der Waals surface area contributed by atoms with Gasteiger partial charge in [-0.25, -0.2) is 8.42 Å². The number of rotatable bonds is 5. The summed E-state index contributed by atoms with van der Waals surface area (Å²) in [5.74, 6) is -0.432. The van der Waals surface area contributed by atoms with Crippen LogP contribution in [0, 0.1) is 0 Å². The Bertz CT molecular complexity index is 753. The summed E-state index contributed by atoms with van der Waals surface area (Å²) in [5, 5.41) is 6.04. The molecule has 1 aromatic carbocycles. The van der Waals surface area contributed by atoms with Crippen LogP contribution in [0.15, 0.2) is 36.4 Å². The molecule has 0 aliphatic rings. The maximum absolute atomic E-state index is 12.1. The Morgan fingerprint density at radius 1 is 1.32 bits per heavy atom. The van der Waals surface area contributed by atoms with Crippen LogP contribution < -0.4 is 0 Å². The first-order chi connectivity index (χ1) is 10.3. The number of nitrogens with zero attached hydrogens (tertiary/aromatic N) is 2. The van der Waals surface area contributed by atoms with Crippen molar-refractivity contribution in [3.8, 4) is 11.3 Å². The molecule has 0 aliphatic carbocycles. The van der Waals surface area contributed by atoms with E-state index in [9.17, 15) is 13.2 Å². The van der Waals surface area contributed by atoms with Gasteiger partial charge in [-0.05, 0) is 13.0 Å². The summed E-state index contributed by atoms with van der Waals surface area (Å²) >= 11 is 0. The number of hydrogen-bond donors (Lipinski definition) is 1. The number of carbonyl (C=O) groups excluding carboxylic acids is 1. The molecule has 6 nitrogen and oxygen atoms in total. The van der Waals surface area contributed by atoms with E-state index in [0.29, 0.717) is 0 Å². The Hall–Kier alpha value is -2.15. The molecule has 1 aromatic heterocycles. The first kappa shape index (κ1) is 16.2. The highest BCUT2D eigenvalue weighted by Crippen LogP contribution is 2.17. The summed E-state index contributed by atoms with van der Waals surface area (Å²) in [7, 11) is -1.82. The Morgan fingerprint density at radius 3 is 2.55 bits per heavy atom. The molecule has 0 fully saturated rings. The number of sulfone groups is 1. The zero-order valence-electron chi connectivity index (χ0n) is 12.8. The standard InChI is InChI=1S/C15H19N3O3S/c1-11(22(3,20)21)15(19)18(2)10-13-9-14(17-16-13)12-7-5-4-6-8-12/h4-9,11H,10H2,1-3H3,(H,16,17). The summed E-state index contributed by atoms with van der Waals surface area (Å²) in [6.45, 7) is 1.68. The van der Waals surface area contributed by atoms with Gasteiger partial charge in [0, 0.05) is 18.9 Å². The smallest absolute Gasteiger partial charge is 0.240 e. The fourth-order valence-electron chi connectivity index (χ4n) is 2.03. The average molecular weight is 321 g/mol. The normalized spacial score (nSPS) is 12.9. The van der Waals surface area contributed by atoms with Crippen molar-refractivity contribution < 1.29 is 13.2 Å². The van der Waals surface area contributed by atoms with E-state index >= 15 is 0 Å². The van der Waals surface area contributed by atoms with Crippen molar-refractivity contribution in [3.05, 3.63) is 42.1 Å². The van der Waals surface area contributed by atoms with E-state index in [1.54, 1.807) is 7.05 Å². The van der Waals surface area contributed by atoms with Gasteiger partial charge < -0.3 is 4.90 Å². The van der Waals surface area contributed by atoms with Crippen molar-refractivity contribution in [2.24, 2.45) is 0 Å². The zero-order valence-corrected chi connectivity index (χ0v) is 13.6. The highest BCUT2D eigenvalue weighted by molar-refractivity contribution is 7.92. The SMILES string of the molecule is CC(C(=O)N(C)Cc1cc(-c2ccccc2)n[nH]1)S(C)(=O)=O. The molecule has 1 amide bonds. The lowest BCUT2D eigenvalue weighted by Gasteiger charge is -2.19. The molecular weight excluding hydrogens is 302 g/mol. The topological polar surface area (TPSA) is 83.1 Å². The Balaban J connectivity index is 2.09. The lowest BCUT2D eigenvalue weighted by atomic mass is 10.1. The highest BCUT2D eigenvalue weighted by atomic mass is 32.2. The van der Waals surface area contributed by atoms with Gasteiger partial charge in [-0.15, -0.1) is 0 Å². The predicted molar refractivity (Wildman–Crippen MR) is 84.8 cm³/mol. The zero-order chi connectivity index (χ0) is 16.3. The largest absolute Gasteiger partial charge is 0.339 e. The van der Waals surface area contributed by atoms with Crippen LogP contribution in [-0.4, -0.2) is 48.0 Å². The maximum atomic E-state index is 12.1. The van der Waals surface area contributed by atoms with Gasteiger partial charge in [-0.3, -0.25) is 9.89 Å². The number of H-pyrrole nitrogens is 1. The van der Waals surface area contributed by atoms with E-state index < -0.39 is 21.0 Å². The number of hydrogen-bond acceptors (Lipinski definition) is 4. The Labute approximate surface area is 130 Å². The van der Waals surface area contributed by atoms with Crippen LogP contribution in [0.3, 0.4) is 0 Å². The number of amides is 1. The summed E-state index contributed by atoms with van der Waals surface area (Å²) in [5.41, 5.74) is 2.51. The molecule has 7 heteroatoms. The van der Waals surface area contributed by atoms with Gasteiger partial charge in [-0.2, -0.15) is 5.10 Å². The van der Waals surface area contributed by atoms with Crippen molar-refractivity contribution >= 4 is 15.7 Å². The molecule has 1 heterocycles. The van der Waals surface area contributed by atoms with Crippen LogP contribution in [0.1, 0.15) is 12.6 Å². The molecule has 0 radical (unpaired) electrons. The lowest BCUT2D eigenvalue weighted by Crippen LogP contribution is -2.38. The van der Waals surface area contributed by atoms with Gasteiger partial charge in [0.25, 0.3) is 0 Å². The van der Waals surface area contributed by atoms with Crippen molar-refractivity contribution in [2.75, 3.05) is 13.3 Å². The third-order valence-corrected chi connectivity index (χ3v) is 4.96. The van der Waals surface area contributed by atoms with E-state index in [-0.39, 0.29) is 6.54 Å². The predicted octanol–water partition coefficient (Wildman–Crippen LogP) is 1.47. The molecule has 118 valence electrons. The van der Waals surface area contributed by atoms with Gasteiger partial charge in [0.1, 0.15) is 5.25 Å². The lowest BCUT2D eigenvalue weighted by molar-refractivity contribution is -0.129. The van der Waals surface area contributed by atoms with Gasteiger partial charge in [0.2, 0.25) is 5.91 Å².